The van der Waals surface area contributed by atoms with Crippen molar-refractivity contribution in [2.45, 2.75) is 37.8 Å². The topological polar surface area (TPSA) is 54.0 Å². The minimum absolute atomic E-state index is 0.0871. The minimum atomic E-state index is -0.0871. The van der Waals surface area contributed by atoms with Crippen LogP contribution in [0.1, 0.15) is 36.0 Å². The highest BCUT2D eigenvalue weighted by Gasteiger charge is 2.29. The molecule has 0 aromatic heterocycles. The number of carbonyl (C=O) groups excluding carboxylic acids is 1. The van der Waals surface area contributed by atoms with Crippen LogP contribution >= 0.6 is 0 Å². The molecule has 1 aromatic carbocycles. The Kier molecular flexibility index (Phi) is 6.38. The van der Waals surface area contributed by atoms with Crippen LogP contribution in [0, 0.1) is 0 Å². The minimum Gasteiger partial charge on any atom is -0.497 e. The van der Waals surface area contributed by atoms with Crippen molar-refractivity contribution in [3.8, 4) is 11.5 Å². The number of hydrogen-bond donors (Lipinski definition) is 1. The Morgan fingerprint density at radius 1 is 1.12 bits per heavy atom. The molecule has 2 aliphatic rings. The van der Waals surface area contributed by atoms with Gasteiger partial charge in [-0.05, 0) is 70.6 Å². The van der Waals surface area contributed by atoms with Crippen molar-refractivity contribution in [3.63, 3.8) is 0 Å². The van der Waals surface area contributed by atoms with E-state index in [0.717, 1.165) is 25.9 Å². The van der Waals surface area contributed by atoms with Crippen molar-refractivity contribution >= 4 is 5.91 Å². The lowest BCUT2D eigenvalue weighted by Gasteiger charge is -2.41. The third kappa shape index (κ3) is 4.48. The van der Waals surface area contributed by atoms with Crippen LogP contribution < -0.4 is 14.8 Å². The molecule has 1 atom stereocenters. The van der Waals surface area contributed by atoms with Gasteiger partial charge in [0.15, 0.2) is 0 Å². The van der Waals surface area contributed by atoms with E-state index in [0.29, 0.717) is 23.1 Å². The molecule has 0 saturated carbocycles. The summed E-state index contributed by atoms with van der Waals surface area (Å²) in [6.45, 7) is 4.41. The number of benzene rings is 1. The van der Waals surface area contributed by atoms with E-state index in [9.17, 15) is 4.79 Å². The Balaban J connectivity index is 1.62. The first-order valence-corrected chi connectivity index (χ1v) is 9.56. The van der Waals surface area contributed by atoms with Crippen molar-refractivity contribution in [3.05, 3.63) is 23.8 Å². The summed E-state index contributed by atoms with van der Waals surface area (Å²) >= 11 is 0. The van der Waals surface area contributed by atoms with Crippen LogP contribution in [0.25, 0.3) is 0 Å². The summed E-state index contributed by atoms with van der Waals surface area (Å²) in [5, 5.41) is 3.21. The van der Waals surface area contributed by atoms with E-state index in [1.807, 2.05) is 0 Å². The predicted octanol–water partition coefficient (Wildman–Crippen LogP) is 1.99. The zero-order valence-corrected chi connectivity index (χ0v) is 16.2. The van der Waals surface area contributed by atoms with E-state index >= 15 is 0 Å². The van der Waals surface area contributed by atoms with Gasteiger partial charge >= 0.3 is 0 Å². The Hall–Kier alpha value is -1.79. The molecule has 0 aliphatic carbocycles. The van der Waals surface area contributed by atoms with Gasteiger partial charge < -0.3 is 19.7 Å². The molecule has 2 saturated heterocycles. The fraction of sp³-hybridized carbons (Fsp3) is 0.650. The number of ether oxygens (including phenoxy) is 2. The summed E-state index contributed by atoms with van der Waals surface area (Å²) < 4.78 is 10.6. The zero-order chi connectivity index (χ0) is 18.5. The summed E-state index contributed by atoms with van der Waals surface area (Å²) in [6.07, 6.45) is 4.61. The number of amides is 1. The third-order valence-corrected chi connectivity index (χ3v) is 5.64. The second-order valence-electron chi connectivity index (χ2n) is 7.41. The van der Waals surface area contributed by atoms with Gasteiger partial charge in [-0.2, -0.15) is 0 Å². The average Bonchev–Trinajstić information content (AvgIpc) is 2.68. The molecule has 0 spiro atoms. The molecule has 1 N–H and O–H groups in total. The van der Waals surface area contributed by atoms with E-state index in [1.54, 1.807) is 32.4 Å². The van der Waals surface area contributed by atoms with Crippen LogP contribution in [0.5, 0.6) is 11.5 Å². The highest BCUT2D eigenvalue weighted by molar-refractivity contribution is 5.97. The van der Waals surface area contributed by atoms with Crippen LogP contribution in [-0.2, 0) is 0 Å². The van der Waals surface area contributed by atoms with Gasteiger partial charge in [0.25, 0.3) is 5.91 Å². The Morgan fingerprint density at radius 2 is 1.88 bits per heavy atom. The molecule has 26 heavy (non-hydrogen) atoms. The number of rotatable bonds is 5. The molecule has 144 valence electrons. The van der Waals surface area contributed by atoms with Gasteiger partial charge in [0.05, 0.1) is 19.8 Å². The second kappa shape index (κ2) is 8.73. The molecule has 2 heterocycles. The van der Waals surface area contributed by atoms with Crippen molar-refractivity contribution in [2.24, 2.45) is 0 Å². The first-order chi connectivity index (χ1) is 12.6. The molecule has 6 heteroatoms. The molecule has 0 radical (unpaired) electrons. The Labute approximate surface area is 156 Å². The lowest BCUT2D eigenvalue weighted by molar-refractivity contribution is 0.0764. The maximum atomic E-state index is 12.8. The first kappa shape index (κ1) is 19.0. The summed E-state index contributed by atoms with van der Waals surface area (Å²) in [7, 11) is 5.38. The SMILES string of the molecule is COc1ccc(OC)c(C(=O)NC2CCCN(C3CCN(C)CC3)C2)c1. The second-order valence-corrected chi connectivity index (χ2v) is 7.41. The molecule has 2 fully saturated rings. The normalized spacial score (nSPS) is 22.8. The summed E-state index contributed by atoms with van der Waals surface area (Å²) in [4.78, 5) is 17.8. The van der Waals surface area contributed by atoms with Crippen LogP contribution in [0.15, 0.2) is 18.2 Å². The molecule has 1 amide bonds. The lowest BCUT2D eigenvalue weighted by atomic mass is 9.98. The molecule has 0 bridgehead atoms. The summed E-state index contributed by atoms with van der Waals surface area (Å²) in [6, 6.07) is 6.16. The smallest absolute Gasteiger partial charge is 0.255 e. The maximum absolute atomic E-state index is 12.8. The van der Waals surface area contributed by atoms with Gasteiger partial charge in [-0.25, -0.2) is 0 Å². The van der Waals surface area contributed by atoms with Crippen molar-refractivity contribution in [1.82, 2.24) is 15.1 Å². The van der Waals surface area contributed by atoms with Crippen LogP contribution in [-0.4, -0.2) is 75.2 Å². The van der Waals surface area contributed by atoms with Gasteiger partial charge in [0.1, 0.15) is 11.5 Å². The number of likely N-dealkylation sites (tertiary alicyclic amines) is 2. The van der Waals surface area contributed by atoms with Gasteiger partial charge in [-0.15, -0.1) is 0 Å². The van der Waals surface area contributed by atoms with Gasteiger partial charge in [-0.1, -0.05) is 0 Å². The molecular formula is C20H31N3O3. The zero-order valence-electron chi connectivity index (χ0n) is 16.2. The fourth-order valence-electron chi connectivity index (χ4n) is 4.07. The van der Waals surface area contributed by atoms with Crippen LogP contribution in [0.2, 0.25) is 0 Å². The van der Waals surface area contributed by atoms with Crippen molar-refractivity contribution < 1.29 is 14.3 Å². The molecular weight excluding hydrogens is 330 g/mol. The predicted molar refractivity (Wildman–Crippen MR) is 102 cm³/mol. The molecule has 1 aromatic rings. The average molecular weight is 361 g/mol. The lowest BCUT2D eigenvalue weighted by Crippen LogP contribution is -2.53. The van der Waals surface area contributed by atoms with Crippen LogP contribution in [0.3, 0.4) is 0 Å². The van der Waals surface area contributed by atoms with Gasteiger partial charge in [0, 0.05) is 18.6 Å². The number of carbonyl (C=O) groups is 1. The largest absolute Gasteiger partial charge is 0.497 e. The van der Waals surface area contributed by atoms with Gasteiger partial charge in [0.2, 0.25) is 0 Å². The number of hydrogen-bond acceptors (Lipinski definition) is 5. The van der Waals surface area contributed by atoms with Crippen molar-refractivity contribution in [1.29, 1.82) is 0 Å². The van der Waals surface area contributed by atoms with E-state index in [-0.39, 0.29) is 11.9 Å². The van der Waals surface area contributed by atoms with Gasteiger partial charge in [-0.3, -0.25) is 9.69 Å². The standard InChI is InChI=1S/C20H31N3O3/c1-22-11-8-16(9-12-22)23-10-4-5-15(14-23)21-20(24)18-13-17(25-2)6-7-19(18)26-3/h6-7,13,15-16H,4-5,8-12,14H2,1-3H3,(H,21,24). The summed E-state index contributed by atoms with van der Waals surface area (Å²) in [5.74, 6) is 1.15. The monoisotopic (exact) mass is 361 g/mol. The quantitative estimate of drug-likeness (QED) is 0.869. The molecule has 1 unspecified atom stereocenters. The van der Waals surface area contributed by atoms with E-state index in [1.165, 1.54) is 25.9 Å². The summed E-state index contributed by atoms with van der Waals surface area (Å²) in [5.41, 5.74) is 0.531. The number of nitrogens with zero attached hydrogens (tertiary/aromatic N) is 2. The molecule has 6 nitrogen and oxygen atoms in total. The Bertz CT molecular complexity index is 614. The van der Waals surface area contributed by atoms with Crippen LogP contribution in [0.4, 0.5) is 0 Å². The third-order valence-electron chi connectivity index (χ3n) is 5.64. The van der Waals surface area contributed by atoms with E-state index < -0.39 is 0 Å². The van der Waals surface area contributed by atoms with E-state index in [4.69, 9.17) is 9.47 Å². The highest BCUT2D eigenvalue weighted by Crippen LogP contribution is 2.25. The van der Waals surface area contributed by atoms with E-state index in [2.05, 4.69) is 22.2 Å². The first-order valence-electron chi connectivity index (χ1n) is 9.56. The fourth-order valence-corrected chi connectivity index (χ4v) is 4.07. The maximum Gasteiger partial charge on any atom is 0.255 e. The Morgan fingerprint density at radius 3 is 2.58 bits per heavy atom. The highest BCUT2D eigenvalue weighted by atomic mass is 16.5. The number of methoxy groups -OCH3 is 2. The molecule has 3 rings (SSSR count). The number of nitrogens with one attached hydrogen (secondary N) is 1. The number of piperidine rings is 2. The van der Waals surface area contributed by atoms with Crippen molar-refractivity contribution in [2.75, 3.05) is 47.4 Å². The molecule has 2 aliphatic heterocycles.